The first-order valence-electron chi connectivity index (χ1n) is 5.28. The van der Waals surface area contributed by atoms with E-state index in [9.17, 15) is 5.11 Å². The van der Waals surface area contributed by atoms with Crippen LogP contribution >= 0.6 is 11.6 Å². The third kappa shape index (κ3) is 2.90. The van der Waals surface area contributed by atoms with E-state index in [1.807, 2.05) is 25.8 Å². The Hall–Kier alpha value is -1.26. The topological polar surface area (TPSA) is 73.3 Å². The molecule has 0 saturated carbocycles. The largest absolute Gasteiger partial charge is 0.394 e. The van der Waals surface area contributed by atoms with Crippen molar-refractivity contribution in [3.05, 3.63) is 28.8 Å². The van der Waals surface area contributed by atoms with Gasteiger partial charge in [0.05, 0.1) is 12.1 Å². The third-order valence-electron chi connectivity index (χ3n) is 2.91. The summed E-state index contributed by atoms with van der Waals surface area (Å²) in [6.07, 6.45) is 0. The Morgan fingerprint density at radius 2 is 2.12 bits per heavy atom. The number of nitrogen functional groups attached to an aromatic ring is 1. The molecule has 1 aromatic rings. The van der Waals surface area contributed by atoms with E-state index in [0.717, 1.165) is 5.69 Å². The first-order valence-corrected chi connectivity index (χ1v) is 5.66. The summed E-state index contributed by atoms with van der Waals surface area (Å²) < 4.78 is 0. The Bertz CT molecular complexity index is 432. The van der Waals surface area contributed by atoms with E-state index in [0.29, 0.717) is 10.6 Å². The molecule has 0 aromatic heterocycles. The van der Waals surface area contributed by atoms with Crippen molar-refractivity contribution < 1.29 is 5.11 Å². The van der Waals surface area contributed by atoms with Gasteiger partial charge in [-0.2, -0.15) is 0 Å². The van der Waals surface area contributed by atoms with Gasteiger partial charge in [0.2, 0.25) is 0 Å². The predicted octanol–water partition coefficient (Wildman–Crippen LogP) is 1.83. The molecule has 4 nitrogen and oxygen atoms in total. The number of nitrogens with zero attached hydrogens (tertiary/aromatic N) is 1. The van der Waals surface area contributed by atoms with Crippen molar-refractivity contribution in [3.63, 3.8) is 0 Å². The monoisotopic (exact) mass is 255 g/mol. The van der Waals surface area contributed by atoms with Gasteiger partial charge in [-0.25, -0.2) is 0 Å². The number of benzene rings is 1. The van der Waals surface area contributed by atoms with Gasteiger partial charge in [0, 0.05) is 23.3 Å². The SMILES string of the molecule is CN(c1cc(Cl)ccc1C(=N)N)C(C)(C)CO. The molecule has 0 radical (unpaired) electrons. The number of aliphatic hydroxyl groups is 1. The van der Waals surface area contributed by atoms with Crippen LogP contribution in [0, 0.1) is 5.41 Å². The van der Waals surface area contributed by atoms with Crippen molar-refractivity contribution in [1.29, 1.82) is 5.41 Å². The lowest BCUT2D eigenvalue weighted by molar-refractivity contribution is 0.216. The number of hydrogen-bond donors (Lipinski definition) is 3. The second kappa shape index (κ2) is 4.94. The summed E-state index contributed by atoms with van der Waals surface area (Å²) >= 11 is 5.96. The molecular weight excluding hydrogens is 238 g/mol. The number of aliphatic hydroxyl groups excluding tert-OH is 1. The molecule has 0 heterocycles. The van der Waals surface area contributed by atoms with E-state index in [-0.39, 0.29) is 12.4 Å². The molecule has 1 rings (SSSR count). The van der Waals surface area contributed by atoms with Crippen molar-refractivity contribution in [2.24, 2.45) is 5.73 Å². The Balaban J connectivity index is 3.29. The van der Waals surface area contributed by atoms with Gasteiger partial charge in [-0.3, -0.25) is 5.41 Å². The van der Waals surface area contributed by atoms with E-state index >= 15 is 0 Å². The number of nitrogens with two attached hydrogens (primary N) is 1. The van der Waals surface area contributed by atoms with Crippen LogP contribution in [0.4, 0.5) is 5.69 Å². The van der Waals surface area contributed by atoms with Gasteiger partial charge < -0.3 is 15.7 Å². The van der Waals surface area contributed by atoms with Gasteiger partial charge in [0.25, 0.3) is 0 Å². The molecule has 0 aliphatic rings. The molecule has 17 heavy (non-hydrogen) atoms. The number of hydrogen-bond acceptors (Lipinski definition) is 3. The molecule has 5 heteroatoms. The number of halogens is 1. The van der Waals surface area contributed by atoms with Crippen LogP contribution in [-0.4, -0.2) is 30.1 Å². The van der Waals surface area contributed by atoms with Crippen LogP contribution in [0.15, 0.2) is 18.2 Å². The quantitative estimate of drug-likeness (QED) is 0.568. The van der Waals surface area contributed by atoms with E-state index < -0.39 is 5.54 Å². The van der Waals surface area contributed by atoms with E-state index in [1.165, 1.54) is 0 Å². The maximum Gasteiger partial charge on any atom is 0.124 e. The highest BCUT2D eigenvalue weighted by atomic mass is 35.5. The zero-order valence-electron chi connectivity index (χ0n) is 10.3. The summed E-state index contributed by atoms with van der Waals surface area (Å²) in [5.41, 5.74) is 6.44. The highest BCUT2D eigenvalue weighted by Crippen LogP contribution is 2.28. The number of rotatable bonds is 4. The summed E-state index contributed by atoms with van der Waals surface area (Å²) in [4.78, 5) is 1.87. The Kier molecular flexibility index (Phi) is 4.01. The van der Waals surface area contributed by atoms with Crippen LogP contribution in [0.3, 0.4) is 0 Å². The fraction of sp³-hybridized carbons (Fsp3) is 0.417. The highest BCUT2D eigenvalue weighted by molar-refractivity contribution is 6.31. The molecule has 94 valence electrons. The van der Waals surface area contributed by atoms with E-state index in [4.69, 9.17) is 22.7 Å². The minimum atomic E-state index is -0.450. The second-order valence-corrected chi connectivity index (χ2v) is 5.04. The van der Waals surface area contributed by atoms with Gasteiger partial charge >= 0.3 is 0 Å². The first kappa shape index (κ1) is 13.8. The number of nitrogens with one attached hydrogen (secondary N) is 1. The van der Waals surface area contributed by atoms with Crippen LogP contribution in [0.25, 0.3) is 0 Å². The van der Waals surface area contributed by atoms with Gasteiger partial charge in [-0.1, -0.05) is 11.6 Å². The minimum absolute atomic E-state index is 0.00659. The fourth-order valence-corrected chi connectivity index (χ4v) is 1.61. The zero-order chi connectivity index (χ0) is 13.2. The van der Waals surface area contributed by atoms with Gasteiger partial charge in [0.1, 0.15) is 5.84 Å². The molecule has 1 aromatic carbocycles. The molecule has 4 N–H and O–H groups in total. The summed E-state index contributed by atoms with van der Waals surface area (Å²) in [5.74, 6) is -0.0164. The smallest absolute Gasteiger partial charge is 0.124 e. The number of likely N-dealkylation sites (N-methyl/N-ethyl adjacent to an activating group) is 1. The molecule has 0 bridgehead atoms. The first-order chi connectivity index (χ1) is 7.79. The zero-order valence-corrected chi connectivity index (χ0v) is 11.0. The molecule has 0 unspecified atom stereocenters. The molecular formula is C12H18ClN3O. The van der Waals surface area contributed by atoms with Crippen LogP contribution in [-0.2, 0) is 0 Å². The van der Waals surface area contributed by atoms with E-state index in [1.54, 1.807) is 18.2 Å². The summed E-state index contributed by atoms with van der Waals surface area (Å²) in [7, 11) is 1.84. The number of anilines is 1. The van der Waals surface area contributed by atoms with Gasteiger partial charge in [-0.15, -0.1) is 0 Å². The van der Waals surface area contributed by atoms with Crippen LogP contribution in [0.1, 0.15) is 19.4 Å². The Morgan fingerprint density at radius 1 is 1.53 bits per heavy atom. The van der Waals surface area contributed by atoms with Crippen LogP contribution in [0.2, 0.25) is 5.02 Å². The number of amidine groups is 1. The van der Waals surface area contributed by atoms with Crippen molar-refractivity contribution in [3.8, 4) is 0 Å². The average Bonchev–Trinajstić information content (AvgIpc) is 2.27. The Morgan fingerprint density at radius 3 is 2.59 bits per heavy atom. The standard InChI is InChI=1S/C12H18ClN3O/c1-12(2,7-17)16(3)10-6-8(13)4-5-9(10)11(14)15/h4-6,17H,7H2,1-3H3,(H3,14,15). The normalized spacial score (nSPS) is 11.4. The Labute approximate surface area is 107 Å². The van der Waals surface area contributed by atoms with Crippen LogP contribution in [0.5, 0.6) is 0 Å². The van der Waals surface area contributed by atoms with Crippen LogP contribution < -0.4 is 10.6 Å². The highest BCUT2D eigenvalue weighted by Gasteiger charge is 2.25. The van der Waals surface area contributed by atoms with Crippen molar-refractivity contribution in [2.75, 3.05) is 18.6 Å². The molecule has 0 saturated heterocycles. The summed E-state index contributed by atoms with van der Waals surface area (Å²) in [5, 5.41) is 17.5. The average molecular weight is 256 g/mol. The van der Waals surface area contributed by atoms with E-state index in [2.05, 4.69) is 0 Å². The van der Waals surface area contributed by atoms with Crippen molar-refractivity contribution >= 4 is 23.1 Å². The fourth-order valence-electron chi connectivity index (χ4n) is 1.44. The molecule has 0 atom stereocenters. The summed E-state index contributed by atoms with van der Waals surface area (Å²) in [6.45, 7) is 3.79. The molecule has 0 spiro atoms. The van der Waals surface area contributed by atoms with Gasteiger partial charge in [0.15, 0.2) is 0 Å². The maximum atomic E-state index is 9.36. The predicted molar refractivity (Wildman–Crippen MR) is 72.0 cm³/mol. The minimum Gasteiger partial charge on any atom is -0.394 e. The van der Waals surface area contributed by atoms with Crippen molar-refractivity contribution in [1.82, 2.24) is 0 Å². The lowest BCUT2D eigenvalue weighted by atomic mass is 10.0. The van der Waals surface area contributed by atoms with Crippen molar-refractivity contribution in [2.45, 2.75) is 19.4 Å². The van der Waals surface area contributed by atoms with Gasteiger partial charge in [-0.05, 0) is 32.0 Å². The molecule has 0 aliphatic carbocycles. The lowest BCUT2D eigenvalue weighted by Crippen LogP contribution is -2.45. The molecule has 0 fully saturated rings. The summed E-state index contributed by atoms with van der Waals surface area (Å²) in [6, 6.07) is 5.15. The maximum absolute atomic E-state index is 9.36. The lowest BCUT2D eigenvalue weighted by Gasteiger charge is -2.37. The molecule has 0 amide bonds. The third-order valence-corrected chi connectivity index (χ3v) is 3.14. The second-order valence-electron chi connectivity index (χ2n) is 4.60. The molecule has 0 aliphatic heterocycles.